The van der Waals surface area contributed by atoms with Gasteiger partial charge in [0, 0.05) is 11.6 Å². The van der Waals surface area contributed by atoms with Gasteiger partial charge in [0.05, 0.1) is 12.1 Å². The van der Waals surface area contributed by atoms with E-state index < -0.39 is 5.91 Å². The minimum atomic E-state index is -0.562. The molecule has 5 nitrogen and oxygen atoms in total. The largest absolute Gasteiger partial charge is 0.384 e. The number of carbonyl (C=O) groups is 2. The van der Waals surface area contributed by atoms with Crippen LogP contribution in [0.15, 0.2) is 18.2 Å². The second kappa shape index (κ2) is 7.46. The molecule has 0 fully saturated rings. The van der Waals surface area contributed by atoms with Gasteiger partial charge in [0.15, 0.2) is 0 Å². The first-order valence-corrected chi connectivity index (χ1v) is 6.66. The summed E-state index contributed by atoms with van der Waals surface area (Å²) in [5.74, 6) is 4.43. The van der Waals surface area contributed by atoms with Crippen LogP contribution in [-0.4, -0.2) is 41.0 Å². The molecule has 0 aliphatic rings. The topological polar surface area (TPSA) is 83.6 Å². The van der Waals surface area contributed by atoms with Crippen LogP contribution in [0.2, 0.25) is 0 Å². The molecule has 0 saturated carbocycles. The zero-order valence-electron chi connectivity index (χ0n) is 12.5. The van der Waals surface area contributed by atoms with Gasteiger partial charge < -0.3 is 15.7 Å². The average Bonchev–Trinajstić information content (AvgIpc) is 2.42. The lowest BCUT2D eigenvalue weighted by Gasteiger charge is -2.26. The summed E-state index contributed by atoms with van der Waals surface area (Å²) in [7, 11) is 0. The first-order valence-electron chi connectivity index (χ1n) is 6.66. The van der Waals surface area contributed by atoms with Crippen LogP contribution in [0.1, 0.15) is 35.3 Å². The van der Waals surface area contributed by atoms with Crippen molar-refractivity contribution in [1.29, 1.82) is 0 Å². The number of benzene rings is 1. The molecular formula is C16H20N2O3. The molecule has 1 aromatic rings. The Balaban J connectivity index is 3.25. The Labute approximate surface area is 124 Å². The number of nitrogens with two attached hydrogens (primary N) is 1. The minimum absolute atomic E-state index is 0.142. The van der Waals surface area contributed by atoms with E-state index in [0.717, 1.165) is 5.56 Å². The van der Waals surface area contributed by atoms with Crippen molar-refractivity contribution in [2.24, 2.45) is 5.73 Å². The quantitative estimate of drug-likeness (QED) is 0.799. The van der Waals surface area contributed by atoms with E-state index in [0.29, 0.717) is 11.1 Å². The fourth-order valence-electron chi connectivity index (χ4n) is 1.89. The summed E-state index contributed by atoms with van der Waals surface area (Å²) >= 11 is 0. The maximum absolute atomic E-state index is 12.6. The van der Waals surface area contributed by atoms with Crippen LogP contribution in [0.5, 0.6) is 0 Å². The number of aryl methyl sites for hydroxylation is 1. The second-order valence-corrected chi connectivity index (χ2v) is 5.00. The molecule has 0 aliphatic heterocycles. The number of primary amides is 1. The molecule has 0 saturated heterocycles. The summed E-state index contributed by atoms with van der Waals surface area (Å²) in [5, 5.41) is 8.80. The van der Waals surface area contributed by atoms with Gasteiger partial charge in [0.25, 0.3) is 5.91 Å². The molecule has 5 heteroatoms. The molecule has 0 spiro atoms. The van der Waals surface area contributed by atoms with Crippen molar-refractivity contribution in [3.05, 3.63) is 34.9 Å². The SMILES string of the molecule is Cc1ccc(C#CCO)c(C(=O)N(CC(N)=O)C(C)C)c1. The third-order valence-corrected chi connectivity index (χ3v) is 2.92. The average molecular weight is 288 g/mol. The molecule has 112 valence electrons. The normalized spacial score (nSPS) is 9.95. The summed E-state index contributed by atoms with van der Waals surface area (Å²) in [6.45, 7) is 5.08. The van der Waals surface area contributed by atoms with Gasteiger partial charge in [-0.1, -0.05) is 23.5 Å². The molecule has 2 amide bonds. The molecule has 0 unspecified atom stereocenters. The number of hydrogen-bond donors (Lipinski definition) is 2. The number of amides is 2. The summed E-state index contributed by atoms with van der Waals surface area (Å²) in [6, 6.07) is 5.13. The summed E-state index contributed by atoms with van der Waals surface area (Å²) < 4.78 is 0. The molecule has 0 heterocycles. The lowest BCUT2D eigenvalue weighted by atomic mass is 10.0. The van der Waals surface area contributed by atoms with E-state index in [1.54, 1.807) is 12.1 Å². The Bertz CT molecular complexity index is 597. The highest BCUT2D eigenvalue weighted by Crippen LogP contribution is 2.15. The van der Waals surface area contributed by atoms with Crippen LogP contribution in [0.4, 0.5) is 0 Å². The Hall–Kier alpha value is -2.32. The van der Waals surface area contributed by atoms with Gasteiger partial charge in [-0.25, -0.2) is 0 Å². The number of rotatable bonds is 4. The summed E-state index contributed by atoms with van der Waals surface area (Å²) in [6.07, 6.45) is 0. The van der Waals surface area contributed by atoms with Crippen LogP contribution < -0.4 is 5.73 Å². The first kappa shape index (κ1) is 16.7. The number of nitrogens with zero attached hydrogens (tertiary/aromatic N) is 1. The Kier molecular flexibility index (Phi) is 5.94. The van der Waals surface area contributed by atoms with Crippen LogP contribution in [0.25, 0.3) is 0 Å². The molecule has 0 aromatic heterocycles. The van der Waals surface area contributed by atoms with Crippen molar-refractivity contribution in [2.45, 2.75) is 26.8 Å². The fourth-order valence-corrected chi connectivity index (χ4v) is 1.89. The fraction of sp³-hybridized carbons (Fsp3) is 0.375. The third kappa shape index (κ3) is 4.62. The van der Waals surface area contributed by atoms with E-state index in [9.17, 15) is 9.59 Å². The lowest BCUT2D eigenvalue weighted by molar-refractivity contribution is -0.119. The highest BCUT2D eigenvalue weighted by atomic mass is 16.2. The zero-order chi connectivity index (χ0) is 16.0. The molecule has 1 aromatic carbocycles. The molecule has 0 bridgehead atoms. The van der Waals surface area contributed by atoms with Gasteiger partial charge in [-0.3, -0.25) is 9.59 Å². The van der Waals surface area contributed by atoms with Crippen LogP contribution in [0.3, 0.4) is 0 Å². The van der Waals surface area contributed by atoms with Gasteiger partial charge >= 0.3 is 0 Å². The molecule has 3 N–H and O–H groups in total. The van der Waals surface area contributed by atoms with Crippen molar-refractivity contribution in [3.8, 4) is 11.8 Å². The van der Waals surface area contributed by atoms with E-state index in [4.69, 9.17) is 10.8 Å². The van der Waals surface area contributed by atoms with E-state index in [-0.39, 0.29) is 25.1 Å². The molecule has 0 radical (unpaired) electrons. The van der Waals surface area contributed by atoms with E-state index >= 15 is 0 Å². The third-order valence-electron chi connectivity index (χ3n) is 2.92. The molecule has 1 rings (SSSR count). The maximum Gasteiger partial charge on any atom is 0.255 e. The van der Waals surface area contributed by atoms with Crippen molar-refractivity contribution in [1.82, 2.24) is 4.90 Å². The Morgan fingerprint density at radius 2 is 2.05 bits per heavy atom. The predicted octanol–water partition coefficient (Wildman–Crippen LogP) is 0.675. The van der Waals surface area contributed by atoms with Crippen molar-refractivity contribution in [3.63, 3.8) is 0 Å². The molecule has 0 atom stereocenters. The molecular weight excluding hydrogens is 268 g/mol. The summed E-state index contributed by atoms with van der Waals surface area (Å²) in [5.41, 5.74) is 7.05. The van der Waals surface area contributed by atoms with Gasteiger partial charge in [0.2, 0.25) is 5.91 Å². The maximum atomic E-state index is 12.6. The molecule has 21 heavy (non-hydrogen) atoms. The summed E-state index contributed by atoms with van der Waals surface area (Å²) in [4.78, 5) is 25.2. The number of carbonyl (C=O) groups excluding carboxylic acids is 2. The van der Waals surface area contributed by atoms with Gasteiger partial charge in [0.1, 0.15) is 6.61 Å². The standard InChI is InChI=1S/C16H20N2O3/c1-11(2)18(10-15(17)20)16(21)14-9-12(3)6-7-13(14)5-4-8-19/h6-7,9,11,19H,8,10H2,1-3H3,(H2,17,20). The van der Waals surface area contributed by atoms with Gasteiger partial charge in [-0.15, -0.1) is 0 Å². The number of hydrogen-bond acceptors (Lipinski definition) is 3. The highest BCUT2D eigenvalue weighted by Gasteiger charge is 2.22. The van der Waals surface area contributed by atoms with Crippen LogP contribution in [-0.2, 0) is 4.79 Å². The number of aliphatic hydroxyl groups is 1. The zero-order valence-corrected chi connectivity index (χ0v) is 12.5. The highest BCUT2D eigenvalue weighted by molar-refractivity contribution is 5.98. The predicted molar refractivity (Wildman–Crippen MR) is 80.5 cm³/mol. The van der Waals surface area contributed by atoms with Crippen molar-refractivity contribution < 1.29 is 14.7 Å². The van der Waals surface area contributed by atoms with Crippen LogP contribution in [0, 0.1) is 18.8 Å². The van der Waals surface area contributed by atoms with E-state index in [2.05, 4.69) is 11.8 Å². The van der Waals surface area contributed by atoms with Crippen LogP contribution >= 0.6 is 0 Å². The van der Waals surface area contributed by atoms with E-state index in [1.807, 2.05) is 26.8 Å². The first-order chi connectivity index (χ1) is 9.86. The van der Waals surface area contributed by atoms with Crippen molar-refractivity contribution in [2.75, 3.05) is 13.2 Å². The second-order valence-electron chi connectivity index (χ2n) is 5.00. The smallest absolute Gasteiger partial charge is 0.255 e. The minimum Gasteiger partial charge on any atom is -0.384 e. The van der Waals surface area contributed by atoms with Gasteiger partial charge in [-0.05, 0) is 32.9 Å². The van der Waals surface area contributed by atoms with E-state index in [1.165, 1.54) is 4.90 Å². The number of aliphatic hydroxyl groups excluding tert-OH is 1. The van der Waals surface area contributed by atoms with Crippen molar-refractivity contribution >= 4 is 11.8 Å². The van der Waals surface area contributed by atoms with Gasteiger partial charge in [-0.2, -0.15) is 0 Å². The Morgan fingerprint density at radius 1 is 1.38 bits per heavy atom. The monoisotopic (exact) mass is 288 g/mol. The Morgan fingerprint density at radius 3 is 2.57 bits per heavy atom. The lowest BCUT2D eigenvalue weighted by Crippen LogP contribution is -2.43. The molecule has 0 aliphatic carbocycles.